The van der Waals surface area contributed by atoms with E-state index in [1.54, 1.807) is 24.7 Å². The second kappa shape index (κ2) is 9.14. The third-order valence-corrected chi connectivity index (χ3v) is 9.42. The van der Waals surface area contributed by atoms with Gasteiger partial charge in [0.15, 0.2) is 0 Å². The van der Waals surface area contributed by atoms with Crippen molar-refractivity contribution in [2.24, 2.45) is 18.4 Å². The molecule has 36 heavy (non-hydrogen) atoms. The summed E-state index contributed by atoms with van der Waals surface area (Å²) in [5, 5.41) is 0.853. The Bertz CT molecular complexity index is 1410. The smallest absolute Gasteiger partial charge is 0.309 e. The highest BCUT2D eigenvalue weighted by atomic mass is 32.2. The van der Waals surface area contributed by atoms with E-state index >= 15 is 0 Å². The number of nitrogens with zero attached hydrogens (tertiary/aromatic N) is 2. The van der Waals surface area contributed by atoms with Crippen LogP contribution >= 0.6 is 0 Å². The van der Waals surface area contributed by atoms with Crippen LogP contribution in [0.25, 0.3) is 10.9 Å². The Morgan fingerprint density at radius 2 is 2.00 bits per heavy atom. The molecule has 3 heterocycles. The molecular formula is C26H34N4O5S. The monoisotopic (exact) mass is 514 g/mol. The average molecular weight is 515 g/mol. The third kappa shape index (κ3) is 4.36. The molecule has 0 bridgehead atoms. The number of nitrogens with one attached hydrogen (secondary N) is 2. The van der Waals surface area contributed by atoms with Crippen LogP contribution in [0.5, 0.6) is 0 Å². The van der Waals surface area contributed by atoms with Crippen molar-refractivity contribution in [2.45, 2.75) is 45.4 Å². The van der Waals surface area contributed by atoms with E-state index in [0.29, 0.717) is 24.2 Å². The van der Waals surface area contributed by atoms with Crippen LogP contribution in [-0.4, -0.2) is 54.3 Å². The second-order valence-corrected chi connectivity index (χ2v) is 12.2. The van der Waals surface area contributed by atoms with Gasteiger partial charge in [-0.05, 0) is 62.3 Å². The molecule has 1 aliphatic heterocycles. The molecule has 0 amide bonds. The van der Waals surface area contributed by atoms with Crippen LogP contribution < -0.4 is 10.3 Å². The summed E-state index contributed by atoms with van der Waals surface area (Å²) in [6.45, 7) is 5.52. The molecule has 2 unspecified atom stereocenters. The van der Waals surface area contributed by atoms with Crippen LogP contribution in [0.4, 0.5) is 0 Å². The summed E-state index contributed by atoms with van der Waals surface area (Å²) < 4.78 is 34.2. The summed E-state index contributed by atoms with van der Waals surface area (Å²) in [6, 6.07) is 1.91. The molecule has 1 saturated carbocycles. The van der Waals surface area contributed by atoms with E-state index in [9.17, 15) is 18.0 Å². The summed E-state index contributed by atoms with van der Waals surface area (Å²) in [5.41, 5.74) is 3.24. The number of aromatic amines is 1. The van der Waals surface area contributed by atoms with Gasteiger partial charge in [0.25, 0.3) is 5.56 Å². The fourth-order valence-electron chi connectivity index (χ4n) is 5.90. The Morgan fingerprint density at radius 1 is 1.25 bits per heavy atom. The molecule has 2 atom stereocenters. The van der Waals surface area contributed by atoms with Gasteiger partial charge in [-0.15, -0.1) is 0 Å². The van der Waals surface area contributed by atoms with Crippen LogP contribution in [-0.2, 0) is 26.6 Å². The Morgan fingerprint density at radius 3 is 2.69 bits per heavy atom. The van der Waals surface area contributed by atoms with E-state index in [4.69, 9.17) is 4.74 Å². The molecule has 2 N–H and O–H groups in total. The SMILES string of the molecule is CCOC(=O)C1CC12CCN(C1=CC=C(NS(=O)(=O)CC)CC1c1cn(C)c(=O)c3[nH]ccc13)CC2. The van der Waals surface area contributed by atoms with E-state index in [1.165, 1.54) is 0 Å². The molecule has 1 saturated heterocycles. The molecule has 1 spiro atoms. The number of ether oxygens (including phenoxy) is 1. The first-order valence-corrected chi connectivity index (χ1v) is 14.3. The Hall–Kier alpha value is -3.01. The highest BCUT2D eigenvalue weighted by Crippen LogP contribution is 2.60. The lowest BCUT2D eigenvalue weighted by atomic mass is 9.84. The summed E-state index contributed by atoms with van der Waals surface area (Å²) in [4.78, 5) is 30.4. The van der Waals surface area contributed by atoms with Crippen molar-refractivity contribution in [1.82, 2.24) is 19.2 Å². The molecule has 9 nitrogen and oxygen atoms in total. The van der Waals surface area contributed by atoms with Crippen molar-refractivity contribution in [2.75, 3.05) is 25.4 Å². The maximum atomic E-state index is 12.7. The number of hydrogen-bond donors (Lipinski definition) is 2. The summed E-state index contributed by atoms with van der Waals surface area (Å²) in [6.07, 6.45) is 10.7. The van der Waals surface area contributed by atoms with Crippen LogP contribution in [0, 0.1) is 11.3 Å². The zero-order valence-electron chi connectivity index (χ0n) is 21.0. The lowest BCUT2D eigenvalue weighted by Gasteiger charge is -2.40. The first-order chi connectivity index (χ1) is 17.2. The standard InChI is InChI=1S/C26H34N4O5S/c1-4-35-25(32)21-15-26(21)9-12-30(13-10-26)22-7-6-17(28-36(33,34)5-2)14-19(22)20-16-29(3)24(31)23-18(20)8-11-27-23/h6-8,11,16,19,21,27-28H,4-5,9-10,12-15H2,1-3H3. The Balaban J connectivity index is 1.46. The average Bonchev–Trinajstić information content (AvgIpc) is 3.32. The van der Waals surface area contributed by atoms with Crippen LogP contribution in [0.2, 0.25) is 0 Å². The van der Waals surface area contributed by atoms with Gasteiger partial charge in [0.2, 0.25) is 10.0 Å². The number of allylic oxidation sites excluding steroid dienone is 4. The van der Waals surface area contributed by atoms with Crippen molar-refractivity contribution in [3.8, 4) is 0 Å². The van der Waals surface area contributed by atoms with Gasteiger partial charge in [-0.1, -0.05) is 0 Å². The largest absolute Gasteiger partial charge is 0.466 e. The van der Waals surface area contributed by atoms with Gasteiger partial charge >= 0.3 is 5.97 Å². The maximum absolute atomic E-state index is 12.7. The first kappa shape index (κ1) is 24.7. The molecule has 3 aliphatic rings. The molecule has 0 aromatic carbocycles. The van der Waals surface area contributed by atoms with Gasteiger partial charge in [0.1, 0.15) is 5.52 Å². The molecule has 0 radical (unpaired) electrons. The minimum atomic E-state index is -3.41. The molecule has 5 rings (SSSR count). The molecule has 2 aromatic heterocycles. The highest BCUT2D eigenvalue weighted by molar-refractivity contribution is 7.89. The zero-order chi connectivity index (χ0) is 25.7. The molecule has 2 aliphatic carbocycles. The predicted octanol–water partition coefficient (Wildman–Crippen LogP) is 2.73. The number of fused-ring (bicyclic) bond motifs is 1. The Kier molecular flexibility index (Phi) is 6.26. The van der Waals surface area contributed by atoms with Crippen molar-refractivity contribution < 1.29 is 17.9 Å². The quantitative estimate of drug-likeness (QED) is 0.550. The van der Waals surface area contributed by atoms with Gasteiger partial charge in [0.05, 0.1) is 18.3 Å². The number of pyridine rings is 1. The van der Waals surface area contributed by atoms with Gasteiger partial charge in [-0.25, -0.2) is 8.42 Å². The number of carbonyl (C=O) groups excluding carboxylic acids is 1. The number of piperidine rings is 1. The lowest BCUT2D eigenvalue weighted by molar-refractivity contribution is -0.145. The van der Waals surface area contributed by atoms with E-state index in [1.807, 2.05) is 31.3 Å². The van der Waals surface area contributed by atoms with Gasteiger partial charge in [0, 0.05) is 61.6 Å². The molecule has 2 aromatic rings. The number of rotatable bonds is 7. The van der Waals surface area contributed by atoms with Gasteiger partial charge in [-0.2, -0.15) is 0 Å². The number of H-pyrrole nitrogens is 1. The molecule has 194 valence electrons. The summed E-state index contributed by atoms with van der Waals surface area (Å²) in [5.74, 6) is -0.183. The van der Waals surface area contributed by atoms with E-state index < -0.39 is 10.0 Å². The fraction of sp³-hybridized carbons (Fsp3) is 0.538. The van der Waals surface area contributed by atoms with Crippen molar-refractivity contribution in [3.63, 3.8) is 0 Å². The lowest BCUT2D eigenvalue weighted by Crippen LogP contribution is -2.38. The number of esters is 1. The van der Waals surface area contributed by atoms with Crippen LogP contribution in [0.15, 0.2) is 46.8 Å². The molecular weight excluding hydrogens is 480 g/mol. The highest BCUT2D eigenvalue weighted by Gasteiger charge is 2.59. The minimum Gasteiger partial charge on any atom is -0.466 e. The van der Waals surface area contributed by atoms with Crippen molar-refractivity contribution in [3.05, 3.63) is 57.9 Å². The van der Waals surface area contributed by atoms with Crippen molar-refractivity contribution >= 4 is 26.9 Å². The number of likely N-dealkylation sites (tertiary alicyclic amines) is 1. The molecule has 2 fully saturated rings. The third-order valence-electron chi connectivity index (χ3n) is 8.09. The first-order valence-electron chi connectivity index (χ1n) is 12.7. The predicted molar refractivity (Wildman–Crippen MR) is 138 cm³/mol. The Labute approximate surface area is 211 Å². The minimum absolute atomic E-state index is 0.00329. The normalized spacial score (nSPS) is 23.4. The number of carbonyl (C=O) groups is 1. The molecule has 10 heteroatoms. The van der Waals surface area contributed by atoms with E-state index in [0.717, 1.165) is 49.0 Å². The number of sulfonamides is 1. The second-order valence-electron chi connectivity index (χ2n) is 10.2. The zero-order valence-corrected chi connectivity index (χ0v) is 21.9. The topological polar surface area (TPSA) is 114 Å². The summed E-state index contributed by atoms with van der Waals surface area (Å²) >= 11 is 0. The maximum Gasteiger partial charge on any atom is 0.309 e. The van der Waals surface area contributed by atoms with Crippen LogP contribution in [0.1, 0.15) is 51.0 Å². The fourth-order valence-corrected chi connectivity index (χ4v) is 6.60. The number of aromatic nitrogens is 2. The number of hydrogen-bond acceptors (Lipinski definition) is 6. The van der Waals surface area contributed by atoms with Gasteiger partial charge < -0.3 is 19.2 Å². The number of aryl methyl sites for hydroxylation is 1. The van der Waals surface area contributed by atoms with E-state index in [-0.39, 0.29) is 34.5 Å². The summed E-state index contributed by atoms with van der Waals surface area (Å²) in [7, 11) is -1.67. The van der Waals surface area contributed by atoms with Crippen LogP contribution in [0.3, 0.4) is 0 Å². The van der Waals surface area contributed by atoms with Gasteiger partial charge in [-0.3, -0.25) is 14.3 Å². The van der Waals surface area contributed by atoms with E-state index in [2.05, 4.69) is 14.6 Å². The van der Waals surface area contributed by atoms with Crippen molar-refractivity contribution in [1.29, 1.82) is 0 Å².